The van der Waals surface area contributed by atoms with Crippen LogP contribution in [0.4, 0.5) is 0 Å². The molecule has 4 heteroatoms. The van der Waals surface area contributed by atoms with Crippen molar-refractivity contribution in [3.63, 3.8) is 0 Å². The molecule has 1 aliphatic rings. The maximum Gasteiger partial charge on any atom is 0.0741 e. The second-order valence-electron chi connectivity index (χ2n) is 5.41. The summed E-state index contributed by atoms with van der Waals surface area (Å²) >= 11 is 7.96. The van der Waals surface area contributed by atoms with Crippen molar-refractivity contribution in [3.05, 3.63) is 28.8 Å². The van der Waals surface area contributed by atoms with E-state index in [2.05, 4.69) is 11.4 Å². The average Bonchev–Trinajstić information content (AvgIpc) is 2.28. The van der Waals surface area contributed by atoms with Crippen LogP contribution in [0, 0.1) is 0 Å². The van der Waals surface area contributed by atoms with E-state index >= 15 is 0 Å². The summed E-state index contributed by atoms with van der Waals surface area (Å²) in [5, 5.41) is 14.3. The monoisotopic (exact) mass is 285 g/mol. The Hall–Kier alpha value is -0.220. The van der Waals surface area contributed by atoms with E-state index in [1.54, 1.807) is 0 Å². The van der Waals surface area contributed by atoms with Gasteiger partial charge in [-0.15, -0.1) is 11.8 Å². The highest BCUT2D eigenvalue weighted by atomic mass is 35.5. The van der Waals surface area contributed by atoms with Gasteiger partial charge in [-0.3, -0.25) is 0 Å². The number of nitrogens with one attached hydrogen (secondary N) is 1. The fourth-order valence-electron chi connectivity index (χ4n) is 2.04. The number of hydrogen-bond donors (Lipinski definition) is 2. The molecule has 100 valence electrons. The smallest absolute Gasteiger partial charge is 0.0741 e. The van der Waals surface area contributed by atoms with E-state index in [4.69, 9.17) is 11.6 Å². The Labute approximate surface area is 118 Å². The van der Waals surface area contributed by atoms with E-state index < -0.39 is 5.60 Å². The lowest BCUT2D eigenvalue weighted by molar-refractivity contribution is 0.0393. The van der Waals surface area contributed by atoms with E-state index in [0.717, 1.165) is 17.2 Å². The Morgan fingerprint density at radius 3 is 2.89 bits per heavy atom. The molecule has 0 amide bonds. The van der Waals surface area contributed by atoms with Crippen molar-refractivity contribution in [1.82, 2.24) is 5.32 Å². The molecule has 0 saturated heterocycles. The number of halogens is 1. The van der Waals surface area contributed by atoms with E-state index in [0.29, 0.717) is 0 Å². The molecule has 2 rings (SSSR count). The molecule has 1 heterocycles. The van der Waals surface area contributed by atoms with Crippen molar-refractivity contribution in [1.29, 1.82) is 0 Å². The van der Waals surface area contributed by atoms with Crippen LogP contribution in [0.1, 0.15) is 38.8 Å². The molecule has 0 saturated carbocycles. The number of fused-ring (bicyclic) bond motifs is 1. The van der Waals surface area contributed by atoms with Gasteiger partial charge in [0.15, 0.2) is 0 Å². The number of thioether (sulfide) groups is 1. The topological polar surface area (TPSA) is 32.3 Å². The minimum Gasteiger partial charge on any atom is -0.389 e. The predicted octanol–water partition coefficient (Wildman–Crippen LogP) is 3.63. The summed E-state index contributed by atoms with van der Waals surface area (Å²) in [6.07, 6.45) is 1.07. The summed E-state index contributed by atoms with van der Waals surface area (Å²) in [5.41, 5.74) is 0.540. The third-order valence-electron chi connectivity index (χ3n) is 3.52. The second-order valence-corrected chi connectivity index (χ2v) is 6.99. The van der Waals surface area contributed by atoms with Gasteiger partial charge in [0.25, 0.3) is 0 Å². The molecule has 0 fully saturated rings. The minimum atomic E-state index is -0.719. The molecule has 1 aromatic carbocycles. The lowest BCUT2D eigenvalue weighted by Gasteiger charge is -2.34. The summed E-state index contributed by atoms with van der Waals surface area (Å²) in [6, 6.07) is 6.39. The van der Waals surface area contributed by atoms with Gasteiger partial charge in [-0.05, 0) is 56.7 Å². The van der Waals surface area contributed by atoms with Gasteiger partial charge >= 0.3 is 0 Å². The van der Waals surface area contributed by atoms with E-state index in [9.17, 15) is 5.11 Å². The van der Waals surface area contributed by atoms with Crippen molar-refractivity contribution in [3.8, 4) is 0 Å². The van der Waals surface area contributed by atoms with Crippen LogP contribution in [0.3, 0.4) is 0 Å². The molecule has 0 radical (unpaired) electrons. The SMILES string of the molecule is CC(NC1CCSc2ccc(Cl)cc21)C(C)(C)O. The van der Waals surface area contributed by atoms with Crippen LogP contribution in [0.25, 0.3) is 0 Å². The average molecular weight is 286 g/mol. The Kier molecular flexibility index (Phi) is 4.27. The first-order chi connectivity index (χ1) is 8.38. The van der Waals surface area contributed by atoms with Crippen LogP contribution < -0.4 is 5.32 Å². The summed E-state index contributed by atoms with van der Waals surface area (Å²) in [5.74, 6) is 1.10. The normalized spacial score (nSPS) is 21.5. The molecule has 2 N–H and O–H groups in total. The van der Waals surface area contributed by atoms with E-state index in [1.165, 1.54) is 10.5 Å². The molecule has 2 unspecified atom stereocenters. The van der Waals surface area contributed by atoms with Gasteiger partial charge in [0, 0.05) is 22.0 Å². The largest absolute Gasteiger partial charge is 0.389 e. The molecule has 0 aliphatic carbocycles. The van der Waals surface area contributed by atoms with Crippen LogP contribution in [0.15, 0.2) is 23.1 Å². The Morgan fingerprint density at radius 2 is 2.22 bits per heavy atom. The first kappa shape index (κ1) is 14.2. The van der Waals surface area contributed by atoms with Gasteiger partial charge < -0.3 is 10.4 Å². The van der Waals surface area contributed by atoms with Crippen LogP contribution in [-0.2, 0) is 0 Å². The van der Waals surface area contributed by atoms with E-state index in [1.807, 2.05) is 44.7 Å². The zero-order valence-corrected chi connectivity index (χ0v) is 12.6. The zero-order valence-electron chi connectivity index (χ0n) is 11.0. The molecule has 2 atom stereocenters. The van der Waals surface area contributed by atoms with Crippen molar-refractivity contribution in [2.24, 2.45) is 0 Å². The fourth-order valence-corrected chi connectivity index (χ4v) is 3.33. The maximum absolute atomic E-state index is 10.0. The third kappa shape index (κ3) is 3.21. The zero-order chi connectivity index (χ0) is 13.3. The van der Waals surface area contributed by atoms with Crippen molar-refractivity contribution in [2.75, 3.05) is 5.75 Å². The Morgan fingerprint density at radius 1 is 1.50 bits per heavy atom. The number of benzene rings is 1. The minimum absolute atomic E-state index is 0.0393. The standard InChI is InChI=1S/C14H20ClNOS/c1-9(14(2,3)17)16-12-6-7-18-13-5-4-10(15)8-11(12)13/h4-5,8-9,12,16-17H,6-7H2,1-3H3. The first-order valence-electron chi connectivity index (χ1n) is 6.28. The number of aliphatic hydroxyl groups is 1. The van der Waals surface area contributed by atoms with Gasteiger partial charge in [-0.1, -0.05) is 11.6 Å². The maximum atomic E-state index is 10.0. The Balaban J connectivity index is 2.20. The summed E-state index contributed by atoms with van der Waals surface area (Å²) in [4.78, 5) is 1.30. The molecule has 0 bridgehead atoms. The molecular weight excluding hydrogens is 266 g/mol. The third-order valence-corrected chi connectivity index (χ3v) is 4.88. The highest BCUT2D eigenvalue weighted by Gasteiger charge is 2.28. The highest BCUT2D eigenvalue weighted by molar-refractivity contribution is 7.99. The van der Waals surface area contributed by atoms with Gasteiger partial charge in [0.2, 0.25) is 0 Å². The van der Waals surface area contributed by atoms with Crippen molar-refractivity contribution in [2.45, 2.75) is 49.8 Å². The molecule has 1 aliphatic heterocycles. The lowest BCUT2D eigenvalue weighted by Crippen LogP contribution is -2.46. The van der Waals surface area contributed by atoms with Gasteiger partial charge in [0.05, 0.1) is 5.60 Å². The van der Waals surface area contributed by atoms with Crippen LogP contribution in [0.5, 0.6) is 0 Å². The predicted molar refractivity (Wildman–Crippen MR) is 78.4 cm³/mol. The van der Waals surface area contributed by atoms with Gasteiger partial charge in [-0.2, -0.15) is 0 Å². The Bertz CT molecular complexity index is 430. The summed E-state index contributed by atoms with van der Waals surface area (Å²) in [6.45, 7) is 5.69. The molecular formula is C14H20ClNOS. The fraction of sp³-hybridized carbons (Fsp3) is 0.571. The van der Waals surface area contributed by atoms with E-state index in [-0.39, 0.29) is 12.1 Å². The summed E-state index contributed by atoms with van der Waals surface area (Å²) in [7, 11) is 0. The van der Waals surface area contributed by atoms with Gasteiger partial charge in [0.1, 0.15) is 0 Å². The van der Waals surface area contributed by atoms with Crippen molar-refractivity contribution >= 4 is 23.4 Å². The van der Waals surface area contributed by atoms with Crippen LogP contribution >= 0.6 is 23.4 Å². The van der Waals surface area contributed by atoms with Gasteiger partial charge in [-0.25, -0.2) is 0 Å². The highest BCUT2D eigenvalue weighted by Crippen LogP contribution is 2.38. The van der Waals surface area contributed by atoms with Crippen LogP contribution in [0.2, 0.25) is 5.02 Å². The van der Waals surface area contributed by atoms with Crippen molar-refractivity contribution < 1.29 is 5.11 Å². The summed E-state index contributed by atoms with van der Waals surface area (Å²) < 4.78 is 0. The first-order valence-corrected chi connectivity index (χ1v) is 7.65. The quantitative estimate of drug-likeness (QED) is 0.890. The molecule has 1 aromatic rings. The molecule has 0 aromatic heterocycles. The molecule has 2 nitrogen and oxygen atoms in total. The van der Waals surface area contributed by atoms with Crippen LogP contribution in [-0.4, -0.2) is 22.5 Å². The lowest BCUT2D eigenvalue weighted by atomic mass is 9.96. The second kappa shape index (κ2) is 5.41. The molecule has 18 heavy (non-hydrogen) atoms. The molecule has 0 spiro atoms. The number of rotatable bonds is 3. The number of hydrogen-bond acceptors (Lipinski definition) is 3.